The molecule has 7 heteroatoms. The van der Waals surface area contributed by atoms with Gasteiger partial charge in [-0.3, -0.25) is 10.1 Å². The molecule has 0 atom stereocenters. The molecule has 18 heavy (non-hydrogen) atoms. The molecule has 0 bridgehead atoms. The zero-order chi connectivity index (χ0) is 13.1. The maximum atomic E-state index is 10.6. The van der Waals surface area contributed by atoms with Gasteiger partial charge in [0.05, 0.1) is 11.0 Å². The van der Waals surface area contributed by atoms with E-state index in [1.807, 2.05) is 6.07 Å². The first kappa shape index (κ1) is 12.3. The molecule has 1 aliphatic rings. The molecular formula is C11H12N4O3. The van der Waals surface area contributed by atoms with Crippen molar-refractivity contribution in [1.29, 1.82) is 5.26 Å². The van der Waals surface area contributed by atoms with E-state index in [0.717, 1.165) is 19.0 Å². The Balaban J connectivity index is 2.09. The van der Waals surface area contributed by atoms with Crippen molar-refractivity contribution < 1.29 is 9.66 Å². The molecule has 1 aliphatic carbocycles. The summed E-state index contributed by atoms with van der Waals surface area (Å²) in [4.78, 5) is 13.9. The minimum atomic E-state index is -0.568. The normalized spacial score (nSPS) is 21.8. The van der Waals surface area contributed by atoms with Crippen molar-refractivity contribution in [3.8, 4) is 6.07 Å². The Labute approximate surface area is 104 Å². The summed E-state index contributed by atoms with van der Waals surface area (Å²) < 4.78 is 5.15. The molecule has 0 spiro atoms. The van der Waals surface area contributed by atoms with Crippen LogP contribution in [0.3, 0.4) is 0 Å². The molecule has 0 saturated heterocycles. The standard InChI is InChI=1S/C11H12N4O3/c1-18-10-3-8(4-10)14-11-7(5-12)2-9(6-13-11)15(16)17/h2,6,8,10H,3-4H2,1H3,(H,13,14). The lowest BCUT2D eigenvalue weighted by Gasteiger charge is -2.35. The first-order valence-electron chi connectivity index (χ1n) is 5.48. The first-order valence-corrected chi connectivity index (χ1v) is 5.48. The van der Waals surface area contributed by atoms with Crippen LogP contribution in [0, 0.1) is 21.4 Å². The van der Waals surface area contributed by atoms with Crippen LogP contribution in [0.25, 0.3) is 0 Å². The lowest BCUT2D eigenvalue weighted by molar-refractivity contribution is -0.385. The van der Waals surface area contributed by atoms with Crippen LogP contribution in [0.4, 0.5) is 11.5 Å². The minimum absolute atomic E-state index is 0.180. The second kappa shape index (κ2) is 4.98. The van der Waals surface area contributed by atoms with E-state index in [1.54, 1.807) is 7.11 Å². The van der Waals surface area contributed by atoms with Gasteiger partial charge < -0.3 is 10.1 Å². The van der Waals surface area contributed by atoms with Crippen LogP contribution >= 0.6 is 0 Å². The zero-order valence-electron chi connectivity index (χ0n) is 9.79. The summed E-state index contributed by atoms with van der Waals surface area (Å²) in [6.45, 7) is 0. The van der Waals surface area contributed by atoms with Crippen LogP contribution in [0.5, 0.6) is 0 Å². The number of hydrogen-bond donors (Lipinski definition) is 1. The molecule has 2 rings (SSSR count). The van der Waals surface area contributed by atoms with Crippen LogP contribution in [0.2, 0.25) is 0 Å². The van der Waals surface area contributed by atoms with E-state index < -0.39 is 4.92 Å². The highest BCUT2D eigenvalue weighted by Gasteiger charge is 2.29. The van der Waals surface area contributed by atoms with E-state index in [1.165, 1.54) is 6.07 Å². The fourth-order valence-corrected chi connectivity index (χ4v) is 1.82. The van der Waals surface area contributed by atoms with Gasteiger partial charge in [0.2, 0.25) is 0 Å². The molecule has 1 N–H and O–H groups in total. The molecule has 1 aromatic heterocycles. The summed E-state index contributed by atoms with van der Waals surface area (Å²) in [7, 11) is 1.66. The lowest BCUT2D eigenvalue weighted by Crippen LogP contribution is -2.40. The van der Waals surface area contributed by atoms with E-state index in [-0.39, 0.29) is 23.4 Å². The number of hydrogen-bond acceptors (Lipinski definition) is 6. The SMILES string of the molecule is COC1CC(Nc2ncc([N+](=O)[O-])cc2C#N)C1. The van der Waals surface area contributed by atoms with Gasteiger partial charge in [-0.05, 0) is 12.8 Å². The quantitative estimate of drug-likeness (QED) is 0.639. The van der Waals surface area contributed by atoms with Crippen molar-refractivity contribution in [1.82, 2.24) is 4.98 Å². The summed E-state index contributed by atoms with van der Waals surface area (Å²) in [5.41, 5.74) is 0.00513. The highest BCUT2D eigenvalue weighted by molar-refractivity contribution is 5.56. The van der Waals surface area contributed by atoms with Gasteiger partial charge in [0.25, 0.3) is 5.69 Å². The lowest BCUT2D eigenvalue weighted by atomic mass is 9.89. The number of nitro groups is 1. The molecule has 1 fully saturated rings. The number of nitrogens with zero attached hydrogens (tertiary/aromatic N) is 3. The number of nitrogens with one attached hydrogen (secondary N) is 1. The Morgan fingerprint density at radius 3 is 2.94 bits per heavy atom. The molecule has 0 aromatic carbocycles. The molecule has 0 amide bonds. The van der Waals surface area contributed by atoms with Crippen LogP contribution in [-0.4, -0.2) is 29.2 Å². The Kier molecular flexibility index (Phi) is 3.39. The van der Waals surface area contributed by atoms with Gasteiger partial charge in [-0.15, -0.1) is 0 Å². The summed E-state index contributed by atoms with van der Waals surface area (Å²) >= 11 is 0. The molecule has 1 heterocycles. The molecule has 0 unspecified atom stereocenters. The molecule has 0 aliphatic heterocycles. The van der Waals surface area contributed by atoms with Crippen LogP contribution in [0.1, 0.15) is 18.4 Å². The third-order valence-electron chi connectivity index (χ3n) is 2.97. The van der Waals surface area contributed by atoms with E-state index in [0.29, 0.717) is 5.82 Å². The van der Waals surface area contributed by atoms with Crippen molar-refractivity contribution in [2.24, 2.45) is 0 Å². The van der Waals surface area contributed by atoms with E-state index >= 15 is 0 Å². The number of aromatic nitrogens is 1. The molecule has 7 nitrogen and oxygen atoms in total. The van der Waals surface area contributed by atoms with Crippen LogP contribution in [0.15, 0.2) is 12.3 Å². The number of pyridine rings is 1. The van der Waals surface area contributed by atoms with Crippen molar-refractivity contribution >= 4 is 11.5 Å². The molecular weight excluding hydrogens is 236 g/mol. The third-order valence-corrected chi connectivity index (χ3v) is 2.97. The van der Waals surface area contributed by atoms with Crippen molar-refractivity contribution in [2.75, 3.05) is 12.4 Å². The molecule has 0 radical (unpaired) electrons. The average molecular weight is 248 g/mol. The van der Waals surface area contributed by atoms with Gasteiger partial charge in [0.1, 0.15) is 23.6 Å². The van der Waals surface area contributed by atoms with Gasteiger partial charge in [-0.2, -0.15) is 5.26 Å². The van der Waals surface area contributed by atoms with E-state index in [9.17, 15) is 10.1 Å². The molecule has 94 valence electrons. The van der Waals surface area contributed by atoms with E-state index in [4.69, 9.17) is 10.00 Å². The minimum Gasteiger partial charge on any atom is -0.381 e. The summed E-state index contributed by atoms with van der Waals surface area (Å²) in [5.74, 6) is 0.391. The number of rotatable bonds is 4. The van der Waals surface area contributed by atoms with Crippen molar-refractivity contribution in [3.05, 3.63) is 27.9 Å². The van der Waals surface area contributed by atoms with Crippen LogP contribution in [-0.2, 0) is 4.74 Å². The van der Waals surface area contributed by atoms with Gasteiger partial charge in [0, 0.05) is 19.2 Å². The number of ether oxygens (including phenoxy) is 1. The summed E-state index contributed by atoms with van der Waals surface area (Å²) in [6.07, 6.45) is 3.08. The Morgan fingerprint density at radius 1 is 1.67 bits per heavy atom. The maximum Gasteiger partial charge on any atom is 0.289 e. The van der Waals surface area contributed by atoms with Gasteiger partial charge in [-0.1, -0.05) is 0 Å². The average Bonchev–Trinajstić information content (AvgIpc) is 2.32. The fourth-order valence-electron chi connectivity index (χ4n) is 1.82. The smallest absolute Gasteiger partial charge is 0.289 e. The number of anilines is 1. The fraction of sp³-hybridized carbons (Fsp3) is 0.455. The number of nitriles is 1. The monoisotopic (exact) mass is 248 g/mol. The zero-order valence-corrected chi connectivity index (χ0v) is 9.79. The Hall–Kier alpha value is -2.20. The maximum absolute atomic E-state index is 10.6. The van der Waals surface area contributed by atoms with Gasteiger partial charge >= 0.3 is 0 Å². The topological polar surface area (TPSA) is 101 Å². The van der Waals surface area contributed by atoms with Gasteiger partial charge in [-0.25, -0.2) is 4.98 Å². The van der Waals surface area contributed by atoms with Crippen LogP contribution < -0.4 is 5.32 Å². The van der Waals surface area contributed by atoms with Gasteiger partial charge in [0.15, 0.2) is 0 Å². The highest BCUT2D eigenvalue weighted by Crippen LogP contribution is 2.27. The van der Waals surface area contributed by atoms with E-state index in [2.05, 4.69) is 10.3 Å². The Morgan fingerprint density at radius 2 is 2.39 bits per heavy atom. The molecule has 1 aromatic rings. The largest absolute Gasteiger partial charge is 0.381 e. The second-order valence-electron chi connectivity index (χ2n) is 4.13. The third kappa shape index (κ3) is 2.38. The highest BCUT2D eigenvalue weighted by atomic mass is 16.6. The predicted molar refractivity (Wildman–Crippen MR) is 63.0 cm³/mol. The Bertz CT molecular complexity index is 506. The summed E-state index contributed by atoms with van der Waals surface area (Å²) in [5, 5.41) is 22.6. The summed E-state index contributed by atoms with van der Waals surface area (Å²) in [6, 6.07) is 3.34. The number of methoxy groups -OCH3 is 1. The first-order chi connectivity index (χ1) is 8.63. The van der Waals surface area contributed by atoms with Crippen molar-refractivity contribution in [2.45, 2.75) is 25.0 Å². The predicted octanol–water partition coefficient (Wildman–Crippen LogP) is 1.45. The van der Waals surface area contributed by atoms with Crippen molar-refractivity contribution in [3.63, 3.8) is 0 Å². The molecule has 1 saturated carbocycles. The second-order valence-corrected chi connectivity index (χ2v) is 4.13.